The number of fused-ring (bicyclic) bond motifs is 8. The second-order valence-corrected chi connectivity index (χ2v) is 26.7. The van der Waals surface area contributed by atoms with Crippen LogP contribution in [0.3, 0.4) is 0 Å². The first kappa shape index (κ1) is 71.6. The van der Waals surface area contributed by atoms with Crippen molar-refractivity contribution in [2.45, 2.75) is 233 Å². The maximum absolute atomic E-state index is 13.8. The Morgan fingerprint density at radius 3 is 0.677 bits per heavy atom. The van der Waals surface area contributed by atoms with Gasteiger partial charge in [-0.05, 0) is 146 Å². The van der Waals surface area contributed by atoms with Crippen molar-refractivity contribution >= 4 is 70.2 Å². The van der Waals surface area contributed by atoms with Crippen LogP contribution in [0.1, 0.15) is 294 Å². The minimum absolute atomic E-state index is 0.0920. The standard InChI is InChI=1S/C84H102N4O8/c1-5-9-13-17-21-25-29-33-57-37-41-61(65(53-57)81(89)90)77-69-45-47-71(85-69)78(62-42-38-58(54-66(62)82(91)92)34-30-26-22-18-14-10-6-2)73-49-51-75(87-73)80(64-44-40-60(56-68(64)84(95)96)36-32-28-24-20-16-12-8-4)76-52-50-74(88-76)79(72-48-46-70(77)86-72)63-43-39-59(55-67(63)83(93)94)35-31-27-23-19-15-11-7-3/h37-56,85,88H,5-36H2,1-4H3,(H,89,90)(H,91,92)(H,93,94)(H,95,96). The summed E-state index contributed by atoms with van der Waals surface area (Å²) >= 11 is 0. The van der Waals surface area contributed by atoms with Gasteiger partial charge in [0.25, 0.3) is 0 Å². The molecule has 9 rings (SSSR count). The zero-order valence-electron chi connectivity index (χ0n) is 57.5. The Labute approximate surface area is 568 Å². The molecule has 8 bridgehead atoms. The van der Waals surface area contributed by atoms with Gasteiger partial charge in [0.1, 0.15) is 0 Å². The lowest BCUT2D eigenvalue weighted by Gasteiger charge is -2.13. The Morgan fingerprint density at radius 1 is 0.281 bits per heavy atom. The van der Waals surface area contributed by atoms with Crippen molar-refractivity contribution in [1.82, 2.24) is 19.9 Å². The molecule has 2 aliphatic heterocycles. The fourth-order valence-electron chi connectivity index (χ4n) is 14.1. The van der Waals surface area contributed by atoms with E-state index >= 15 is 0 Å². The monoisotopic (exact) mass is 1290 g/mol. The molecule has 0 radical (unpaired) electrons. The van der Waals surface area contributed by atoms with Gasteiger partial charge >= 0.3 is 23.9 Å². The van der Waals surface area contributed by atoms with Gasteiger partial charge in [-0.2, -0.15) is 0 Å². The van der Waals surface area contributed by atoms with Crippen LogP contribution in [0.5, 0.6) is 0 Å². The Morgan fingerprint density at radius 2 is 0.479 bits per heavy atom. The molecule has 0 spiro atoms. The first-order valence-corrected chi connectivity index (χ1v) is 36.4. The normalized spacial score (nSPS) is 11.9. The lowest BCUT2D eigenvalue weighted by molar-refractivity contribution is 0.0686. The van der Waals surface area contributed by atoms with Gasteiger partial charge in [-0.3, -0.25) is 0 Å². The molecule has 12 nitrogen and oxygen atoms in total. The van der Waals surface area contributed by atoms with Gasteiger partial charge in [0.05, 0.1) is 45.0 Å². The number of aromatic amines is 2. The highest BCUT2D eigenvalue weighted by molar-refractivity contribution is 6.08. The van der Waals surface area contributed by atoms with Gasteiger partial charge in [-0.1, -0.05) is 230 Å². The summed E-state index contributed by atoms with van der Waals surface area (Å²) in [5, 5.41) is 45.0. The Bertz CT molecular complexity index is 3560. The molecule has 5 heterocycles. The number of carbonyl (C=O) groups is 4. The van der Waals surface area contributed by atoms with Crippen LogP contribution >= 0.6 is 0 Å². The zero-order valence-corrected chi connectivity index (χ0v) is 57.5. The quantitative estimate of drug-likeness (QED) is 0.0200. The van der Waals surface area contributed by atoms with Crippen LogP contribution < -0.4 is 0 Å². The van der Waals surface area contributed by atoms with Gasteiger partial charge in [-0.25, -0.2) is 29.1 Å². The van der Waals surface area contributed by atoms with Gasteiger partial charge < -0.3 is 30.4 Å². The zero-order chi connectivity index (χ0) is 67.8. The maximum atomic E-state index is 13.8. The lowest BCUT2D eigenvalue weighted by atomic mass is 9.94. The van der Waals surface area contributed by atoms with E-state index in [1.807, 2.05) is 97.1 Å². The van der Waals surface area contributed by atoms with E-state index in [2.05, 4.69) is 37.7 Å². The summed E-state index contributed by atoms with van der Waals surface area (Å²) in [5.41, 5.74) is 11.2. The number of nitrogens with zero attached hydrogens (tertiary/aromatic N) is 2. The fraction of sp³-hybridized carbons (Fsp3) is 0.429. The number of aromatic carboxylic acids is 4. The predicted octanol–water partition coefficient (Wildman–Crippen LogP) is 23.3. The van der Waals surface area contributed by atoms with E-state index in [9.17, 15) is 39.6 Å². The van der Waals surface area contributed by atoms with Gasteiger partial charge in [0.15, 0.2) is 0 Å². The number of aromatic nitrogens is 4. The molecule has 0 unspecified atom stereocenters. The first-order chi connectivity index (χ1) is 46.8. The predicted molar refractivity (Wildman–Crippen MR) is 395 cm³/mol. The van der Waals surface area contributed by atoms with Crippen molar-refractivity contribution in [3.63, 3.8) is 0 Å². The Balaban J connectivity index is 1.31. The molecule has 12 heteroatoms. The largest absolute Gasteiger partial charge is 0.478 e. The number of H-pyrrole nitrogens is 2. The molecule has 0 saturated heterocycles. The Hall–Kier alpha value is -8.64. The van der Waals surface area contributed by atoms with E-state index in [4.69, 9.17) is 9.97 Å². The van der Waals surface area contributed by atoms with E-state index < -0.39 is 23.9 Å². The fourth-order valence-corrected chi connectivity index (χ4v) is 14.1. The smallest absolute Gasteiger partial charge is 0.336 e. The van der Waals surface area contributed by atoms with Crippen molar-refractivity contribution in [2.24, 2.45) is 0 Å². The van der Waals surface area contributed by atoms with Gasteiger partial charge in [-0.15, -0.1) is 0 Å². The van der Waals surface area contributed by atoms with Crippen molar-refractivity contribution in [3.05, 3.63) is 164 Å². The van der Waals surface area contributed by atoms with Crippen molar-refractivity contribution in [1.29, 1.82) is 0 Å². The Kier molecular flexibility index (Phi) is 27.2. The average Bonchev–Trinajstić information content (AvgIpc) is 1.57. The number of hydrogen-bond donors (Lipinski definition) is 6. The highest BCUT2D eigenvalue weighted by Gasteiger charge is 2.26. The third-order valence-corrected chi connectivity index (χ3v) is 19.4. The molecule has 0 aliphatic carbocycles. The molecular formula is C84H102N4O8. The SMILES string of the molecule is CCCCCCCCCc1ccc(-c2c3nc(c(-c4ccc(CCCCCCCCC)cc4C(=O)O)c4ccc([nH]4)c(-c4ccc(CCCCCCCCC)cc4C(=O)O)c4nc(c(-c5ccc(CCCCCCCCC)cc5C(=O)O)c5ccc2[nH]5)C=C4)C=C3)c(C(=O)O)c1. The van der Waals surface area contributed by atoms with Crippen LogP contribution in [0.4, 0.5) is 0 Å². The molecule has 7 aromatic rings. The molecule has 4 aromatic carbocycles. The lowest BCUT2D eigenvalue weighted by Crippen LogP contribution is -2.03. The summed E-state index contributed by atoms with van der Waals surface area (Å²) in [6.45, 7) is 8.84. The van der Waals surface area contributed by atoms with Crippen molar-refractivity contribution in [2.75, 3.05) is 0 Å². The van der Waals surface area contributed by atoms with Crippen LogP contribution in [0.25, 0.3) is 90.9 Å². The van der Waals surface area contributed by atoms with E-state index in [0.29, 0.717) is 115 Å². The van der Waals surface area contributed by atoms with Crippen LogP contribution in [0.15, 0.2) is 97.1 Å². The molecule has 3 aromatic heterocycles. The van der Waals surface area contributed by atoms with Gasteiger partial charge in [0, 0.05) is 66.6 Å². The number of nitrogens with one attached hydrogen (secondary N) is 2. The van der Waals surface area contributed by atoms with Crippen LogP contribution in [0.2, 0.25) is 0 Å². The summed E-state index contributed by atoms with van der Waals surface area (Å²) in [6.07, 6.45) is 41.7. The molecule has 0 amide bonds. The third kappa shape index (κ3) is 18.9. The molecule has 0 atom stereocenters. The second kappa shape index (κ2) is 36.5. The number of hydrogen-bond acceptors (Lipinski definition) is 6. The third-order valence-electron chi connectivity index (χ3n) is 19.4. The van der Waals surface area contributed by atoms with Crippen molar-refractivity contribution in [3.8, 4) is 44.5 Å². The number of aryl methyl sites for hydroxylation is 4. The summed E-state index contributed by atoms with van der Waals surface area (Å²) in [7, 11) is 0. The van der Waals surface area contributed by atoms with E-state index in [1.165, 1.54) is 103 Å². The maximum Gasteiger partial charge on any atom is 0.336 e. The molecule has 0 saturated carbocycles. The minimum Gasteiger partial charge on any atom is -0.478 e. The van der Waals surface area contributed by atoms with Gasteiger partial charge in [0.2, 0.25) is 0 Å². The number of benzene rings is 4. The average molecular weight is 1300 g/mol. The van der Waals surface area contributed by atoms with E-state index in [0.717, 1.165) is 99.3 Å². The minimum atomic E-state index is -1.11. The molecule has 96 heavy (non-hydrogen) atoms. The molecule has 0 fully saturated rings. The van der Waals surface area contributed by atoms with Crippen molar-refractivity contribution < 1.29 is 39.6 Å². The number of unbranched alkanes of at least 4 members (excludes halogenated alkanes) is 24. The summed E-state index contributed by atoms with van der Waals surface area (Å²) in [6, 6.07) is 30.0. The number of carboxylic acid groups (broad SMARTS) is 4. The highest BCUT2D eigenvalue weighted by atomic mass is 16.4. The summed E-state index contributed by atoms with van der Waals surface area (Å²) in [5.74, 6) is -4.43. The molecule has 6 N–H and O–H groups in total. The van der Waals surface area contributed by atoms with Crippen LogP contribution in [0, 0.1) is 0 Å². The topological polar surface area (TPSA) is 207 Å². The molecular weight excluding hydrogens is 1190 g/mol. The number of carboxylic acids is 4. The summed E-state index contributed by atoms with van der Waals surface area (Å²) in [4.78, 5) is 73.3. The number of rotatable bonds is 40. The van der Waals surface area contributed by atoms with Crippen LogP contribution in [-0.4, -0.2) is 64.2 Å². The summed E-state index contributed by atoms with van der Waals surface area (Å²) < 4.78 is 0. The molecule has 2 aliphatic rings. The first-order valence-electron chi connectivity index (χ1n) is 36.4. The second-order valence-electron chi connectivity index (χ2n) is 26.7. The van der Waals surface area contributed by atoms with E-state index in [1.54, 1.807) is 24.3 Å². The van der Waals surface area contributed by atoms with E-state index in [-0.39, 0.29) is 22.3 Å². The molecule has 506 valence electrons. The highest BCUT2D eigenvalue weighted by Crippen LogP contribution is 2.42. The van der Waals surface area contributed by atoms with Crippen LogP contribution in [-0.2, 0) is 25.7 Å².